The fraction of sp³-hybridized carbons (Fsp3) is 0.273. The molecule has 1 fully saturated rings. The first kappa shape index (κ1) is 18.3. The van der Waals surface area contributed by atoms with Crippen LogP contribution in [0.1, 0.15) is 22.0 Å². The quantitative estimate of drug-likeness (QED) is 0.552. The number of nitrogens with zero attached hydrogens (tertiary/aromatic N) is 5. The first-order valence-corrected chi connectivity index (χ1v) is 10.7. The highest BCUT2D eigenvalue weighted by atomic mass is 32.1. The highest BCUT2D eigenvalue weighted by molar-refractivity contribution is 7.17. The van der Waals surface area contributed by atoms with Gasteiger partial charge < -0.3 is 5.11 Å². The first-order valence-electron chi connectivity index (χ1n) is 9.86. The van der Waals surface area contributed by atoms with E-state index in [1.165, 1.54) is 33.3 Å². The standard InChI is InChI=1S/C22H23N5OS/c28-21-20(29-22-23-16-24-27(21)22)19(18-9-5-2-6-10-18)26-13-11-25(12-14-26)15-17-7-3-1-4-8-17/h1-10,16,19,28H,11-15H2/t19-/m0/s1. The van der Waals surface area contributed by atoms with Gasteiger partial charge in [-0.15, -0.1) is 0 Å². The van der Waals surface area contributed by atoms with E-state index in [4.69, 9.17) is 0 Å². The predicted molar refractivity (Wildman–Crippen MR) is 114 cm³/mol. The summed E-state index contributed by atoms with van der Waals surface area (Å²) in [4.78, 5) is 10.8. The van der Waals surface area contributed by atoms with E-state index < -0.39 is 0 Å². The van der Waals surface area contributed by atoms with Gasteiger partial charge >= 0.3 is 0 Å². The number of fused-ring (bicyclic) bond motifs is 1. The van der Waals surface area contributed by atoms with E-state index in [9.17, 15) is 5.11 Å². The van der Waals surface area contributed by atoms with Gasteiger partial charge in [0.05, 0.1) is 10.9 Å². The molecule has 0 amide bonds. The Balaban J connectivity index is 1.39. The number of thiazole rings is 1. The maximum absolute atomic E-state index is 10.8. The largest absolute Gasteiger partial charge is 0.492 e. The Morgan fingerprint density at radius 2 is 1.62 bits per heavy atom. The summed E-state index contributed by atoms with van der Waals surface area (Å²) in [5.74, 6) is 0.197. The highest BCUT2D eigenvalue weighted by Gasteiger charge is 2.31. The summed E-state index contributed by atoms with van der Waals surface area (Å²) in [5, 5.41) is 15.0. The van der Waals surface area contributed by atoms with Crippen LogP contribution >= 0.6 is 11.3 Å². The van der Waals surface area contributed by atoms with Crippen molar-refractivity contribution in [3.63, 3.8) is 0 Å². The third-order valence-corrected chi connectivity index (χ3v) is 6.61. The summed E-state index contributed by atoms with van der Waals surface area (Å²) < 4.78 is 1.53. The highest BCUT2D eigenvalue weighted by Crippen LogP contribution is 2.39. The van der Waals surface area contributed by atoms with Crippen LogP contribution in [-0.4, -0.2) is 55.7 Å². The Hall–Kier alpha value is -2.74. The molecule has 5 rings (SSSR count). The van der Waals surface area contributed by atoms with Crippen molar-refractivity contribution in [2.24, 2.45) is 0 Å². The van der Waals surface area contributed by atoms with E-state index in [-0.39, 0.29) is 11.9 Å². The van der Waals surface area contributed by atoms with Gasteiger partial charge in [0.1, 0.15) is 6.33 Å². The van der Waals surface area contributed by atoms with Crippen LogP contribution in [0.25, 0.3) is 4.96 Å². The van der Waals surface area contributed by atoms with Crippen molar-refractivity contribution in [2.45, 2.75) is 12.6 Å². The average molecular weight is 406 g/mol. The molecule has 148 valence electrons. The van der Waals surface area contributed by atoms with E-state index in [1.54, 1.807) is 0 Å². The van der Waals surface area contributed by atoms with Crippen LogP contribution in [0.5, 0.6) is 5.88 Å². The number of benzene rings is 2. The lowest BCUT2D eigenvalue weighted by molar-refractivity contribution is 0.105. The number of rotatable bonds is 5. The van der Waals surface area contributed by atoms with E-state index in [0.29, 0.717) is 0 Å². The zero-order valence-electron chi connectivity index (χ0n) is 16.1. The predicted octanol–water partition coefficient (Wildman–Crippen LogP) is 3.40. The van der Waals surface area contributed by atoms with Gasteiger partial charge in [0, 0.05) is 32.7 Å². The maximum atomic E-state index is 10.8. The van der Waals surface area contributed by atoms with Crippen LogP contribution in [-0.2, 0) is 6.54 Å². The molecule has 29 heavy (non-hydrogen) atoms. The zero-order valence-corrected chi connectivity index (χ0v) is 16.9. The fourth-order valence-electron chi connectivity index (χ4n) is 4.06. The molecule has 4 aromatic rings. The van der Waals surface area contributed by atoms with Gasteiger partial charge in [0.15, 0.2) is 0 Å². The molecule has 0 aliphatic carbocycles. The minimum absolute atomic E-state index is 0.00331. The van der Waals surface area contributed by atoms with Crippen molar-refractivity contribution in [1.82, 2.24) is 24.4 Å². The SMILES string of the molecule is Oc1c([C@H](c2ccccc2)N2CCN(Cc3ccccc3)CC2)sc2ncnn12. The summed E-state index contributed by atoms with van der Waals surface area (Å²) in [5.41, 5.74) is 2.53. The average Bonchev–Trinajstić information content (AvgIpc) is 3.35. The molecular weight excluding hydrogens is 382 g/mol. The van der Waals surface area contributed by atoms with Crippen LogP contribution in [0.4, 0.5) is 0 Å². The van der Waals surface area contributed by atoms with Crippen LogP contribution < -0.4 is 0 Å². The van der Waals surface area contributed by atoms with Gasteiger partial charge in [0.25, 0.3) is 0 Å². The third-order valence-electron chi connectivity index (χ3n) is 5.52. The number of piperazine rings is 1. The molecule has 2 aromatic carbocycles. The van der Waals surface area contributed by atoms with Gasteiger partial charge in [-0.3, -0.25) is 9.80 Å². The molecule has 1 N–H and O–H groups in total. The number of hydrogen-bond acceptors (Lipinski definition) is 6. The Labute approximate surface area is 173 Å². The van der Waals surface area contributed by atoms with Gasteiger partial charge in [0.2, 0.25) is 10.8 Å². The summed E-state index contributed by atoms with van der Waals surface area (Å²) >= 11 is 1.51. The first-order chi connectivity index (χ1) is 14.3. The van der Waals surface area contributed by atoms with Crippen molar-refractivity contribution in [1.29, 1.82) is 0 Å². The van der Waals surface area contributed by atoms with Crippen molar-refractivity contribution in [2.75, 3.05) is 26.2 Å². The second kappa shape index (κ2) is 7.94. The van der Waals surface area contributed by atoms with Crippen LogP contribution in [0.15, 0.2) is 67.0 Å². The molecule has 1 saturated heterocycles. The van der Waals surface area contributed by atoms with E-state index >= 15 is 0 Å². The molecule has 1 aliphatic heterocycles. The normalized spacial score (nSPS) is 17.0. The third kappa shape index (κ3) is 3.64. The molecule has 0 spiro atoms. The zero-order chi connectivity index (χ0) is 19.6. The van der Waals surface area contributed by atoms with Crippen molar-refractivity contribution in [3.8, 4) is 5.88 Å². The number of aromatic nitrogens is 3. The van der Waals surface area contributed by atoms with Crippen LogP contribution in [0, 0.1) is 0 Å². The molecule has 1 atom stereocenters. The monoisotopic (exact) mass is 405 g/mol. The Bertz CT molecular complexity index is 1070. The smallest absolute Gasteiger partial charge is 0.230 e. The summed E-state index contributed by atoms with van der Waals surface area (Å²) in [6, 6.07) is 21.0. The molecule has 3 heterocycles. The van der Waals surface area contributed by atoms with Crippen molar-refractivity contribution < 1.29 is 5.11 Å². The maximum Gasteiger partial charge on any atom is 0.230 e. The van der Waals surface area contributed by atoms with Crippen LogP contribution in [0.2, 0.25) is 0 Å². The molecule has 2 aromatic heterocycles. The lowest BCUT2D eigenvalue weighted by atomic mass is 10.0. The van der Waals surface area contributed by atoms with Gasteiger partial charge in [-0.25, -0.2) is 4.98 Å². The molecule has 7 heteroatoms. The molecular formula is C22H23N5OS. The fourth-order valence-corrected chi connectivity index (χ4v) is 5.15. The Morgan fingerprint density at radius 3 is 2.31 bits per heavy atom. The summed E-state index contributed by atoms with van der Waals surface area (Å²) in [6.45, 7) is 4.87. The van der Waals surface area contributed by atoms with Gasteiger partial charge in [-0.05, 0) is 11.1 Å². The van der Waals surface area contributed by atoms with E-state index in [0.717, 1.165) is 42.6 Å². The summed E-state index contributed by atoms with van der Waals surface area (Å²) in [7, 11) is 0. The Kier molecular flexibility index (Phi) is 5.01. The van der Waals surface area contributed by atoms with Crippen molar-refractivity contribution >= 4 is 16.3 Å². The lowest BCUT2D eigenvalue weighted by Gasteiger charge is -2.39. The second-order valence-electron chi connectivity index (χ2n) is 7.36. The van der Waals surface area contributed by atoms with E-state index in [1.807, 2.05) is 6.07 Å². The second-order valence-corrected chi connectivity index (χ2v) is 8.36. The molecule has 6 nitrogen and oxygen atoms in total. The molecule has 0 radical (unpaired) electrons. The molecule has 0 saturated carbocycles. The molecule has 1 aliphatic rings. The molecule has 0 bridgehead atoms. The molecule has 0 unspecified atom stereocenters. The minimum Gasteiger partial charge on any atom is -0.492 e. The Morgan fingerprint density at radius 1 is 0.931 bits per heavy atom. The lowest BCUT2D eigenvalue weighted by Crippen LogP contribution is -2.47. The minimum atomic E-state index is 0.00331. The summed E-state index contributed by atoms with van der Waals surface area (Å²) in [6.07, 6.45) is 1.48. The van der Waals surface area contributed by atoms with Crippen LogP contribution in [0.3, 0.4) is 0 Å². The topological polar surface area (TPSA) is 56.9 Å². The number of aromatic hydroxyl groups is 1. The van der Waals surface area contributed by atoms with E-state index in [2.05, 4.69) is 74.5 Å². The van der Waals surface area contributed by atoms with Crippen molar-refractivity contribution in [3.05, 3.63) is 83.0 Å². The number of hydrogen-bond donors (Lipinski definition) is 1. The van der Waals surface area contributed by atoms with Gasteiger partial charge in [-0.1, -0.05) is 72.0 Å². The van der Waals surface area contributed by atoms with Gasteiger partial charge in [-0.2, -0.15) is 9.61 Å².